The molecule has 1 unspecified atom stereocenters. The second-order valence-corrected chi connectivity index (χ2v) is 7.38. The monoisotopic (exact) mass is 422 g/mol. The zero-order valence-electron chi connectivity index (χ0n) is 14.6. The summed E-state index contributed by atoms with van der Waals surface area (Å²) >= 11 is 7.42. The van der Waals surface area contributed by atoms with Crippen LogP contribution in [0.5, 0.6) is 5.75 Å². The summed E-state index contributed by atoms with van der Waals surface area (Å²) in [6, 6.07) is 3.67. The van der Waals surface area contributed by atoms with Gasteiger partial charge in [0.1, 0.15) is 34.6 Å². The minimum absolute atomic E-state index is 0.153. The number of fused-ring (bicyclic) bond motifs is 1. The van der Waals surface area contributed by atoms with Gasteiger partial charge in [-0.3, -0.25) is 0 Å². The van der Waals surface area contributed by atoms with Crippen molar-refractivity contribution in [1.29, 1.82) is 0 Å². The first-order valence-electron chi connectivity index (χ1n) is 8.54. The minimum atomic E-state index is -0.434. The topological polar surface area (TPSA) is 76.6 Å². The summed E-state index contributed by atoms with van der Waals surface area (Å²) in [6.45, 7) is 1.33. The molecule has 3 heterocycles. The molecule has 1 aliphatic rings. The average Bonchev–Trinajstić information content (AvgIpc) is 3.12. The van der Waals surface area contributed by atoms with Crippen molar-refractivity contribution in [2.75, 3.05) is 31.6 Å². The van der Waals surface area contributed by atoms with Gasteiger partial charge in [0.2, 0.25) is 0 Å². The number of carbonyl (C=O) groups excluding carboxylic acids is 1. The number of urea groups is 1. The Bertz CT molecular complexity index is 1000. The number of ether oxygens (including phenoxy) is 2. The summed E-state index contributed by atoms with van der Waals surface area (Å²) in [5.41, 5.74) is 1.29. The fourth-order valence-electron chi connectivity index (χ4n) is 2.82. The smallest absolute Gasteiger partial charge is 0.322 e. The zero-order chi connectivity index (χ0) is 19.5. The molecule has 1 fully saturated rings. The van der Waals surface area contributed by atoms with Crippen LogP contribution in [0.4, 0.5) is 14.9 Å². The van der Waals surface area contributed by atoms with Crippen molar-refractivity contribution in [1.82, 2.24) is 14.9 Å². The second-order valence-electron chi connectivity index (χ2n) is 6.11. The number of benzene rings is 1. The van der Waals surface area contributed by atoms with E-state index in [2.05, 4.69) is 15.3 Å². The van der Waals surface area contributed by atoms with E-state index in [1.807, 2.05) is 5.38 Å². The summed E-state index contributed by atoms with van der Waals surface area (Å²) in [6.07, 6.45) is 2.85. The highest BCUT2D eigenvalue weighted by Gasteiger charge is 2.25. The number of amides is 2. The number of halogens is 2. The summed E-state index contributed by atoms with van der Waals surface area (Å²) in [4.78, 5) is 23.5. The van der Waals surface area contributed by atoms with Crippen molar-refractivity contribution in [2.24, 2.45) is 0 Å². The highest BCUT2D eigenvalue weighted by molar-refractivity contribution is 7.17. The van der Waals surface area contributed by atoms with Crippen LogP contribution in [0, 0.1) is 5.82 Å². The van der Waals surface area contributed by atoms with E-state index in [1.54, 1.807) is 17.3 Å². The Labute approximate surface area is 169 Å². The number of carbonyl (C=O) groups is 1. The van der Waals surface area contributed by atoms with Crippen molar-refractivity contribution >= 4 is 45.0 Å². The molecular weight excluding hydrogens is 407 g/mol. The first kappa shape index (κ1) is 18.9. The summed E-state index contributed by atoms with van der Waals surface area (Å²) < 4.78 is 24.6. The number of nitrogens with one attached hydrogen (secondary N) is 1. The lowest BCUT2D eigenvalue weighted by molar-refractivity contribution is -0.0337. The van der Waals surface area contributed by atoms with Gasteiger partial charge in [0.05, 0.1) is 23.9 Å². The van der Waals surface area contributed by atoms with E-state index in [0.717, 1.165) is 4.83 Å². The number of morpholine rings is 1. The van der Waals surface area contributed by atoms with Crippen LogP contribution in [0.25, 0.3) is 10.3 Å². The predicted molar refractivity (Wildman–Crippen MR) is 105 cm³/mol. The standard InChI is InChI=1S/C18H16ClFN4O3S/c19-13-2-1-11(20)7-15(13)27-9-12-8-24(5-6-26-12)18(25)23-14-10-28-17-16(14)21-3-4-22-17/h1-4,7,10,12H,5-6,8-9H2,(H,23,25). The maximum absolute atomic E-state index is 13.3. The number of aromatic nitrogens is 2. The molecule has 1 aliphatic heterocycles. The summed E-state index contributed by atoms with van der Waals surface area (Å²) in [5.74, 6) is -0.189. The second kappa shape index (κ2) is 8.26. The quantitative estimate of drug-likeness (QED) is 0.692. The van der Waals surface area contributed by atoms with Crippen LogP contribution >= 0.6 is 22.9 Å². The lowest BCUT2D eigenvalue weighted by Crippen LogP contribution is -2.49. The molecule has 1 aromatic carbocycles. The van der Waals surface area contributed by atoms with Crippen molar-refractivity contribution in [3.8, 4) is 5.75 Å². The van der Waals surface area contributed by atoms with E-state index in [9.17, 15) is 9.18 Å². The lowest BCUT2D eigenvalue weighted by atomic mass is 10.3. The van der Waals surface area contributed by atoms with Gasteiger partial charge in [-0.05, 0) is 12.1 Å². The molecule has 2 aromatic heterocycles. The Morgan fingerprint density at radius 3 is 3.18 bits per heavy atom. The van der Waals surface area contributed by atoms with Gasteiger partial charge < -0.3 is 19.7 Å². The molecule has 1 N–H and O–H groups in total. The molecule has 0 radical (unpaired) electrons. The number of anilines is 1. The van der Waals surface area contributed by atoms with Crippen molar-refractivity contribution in [3.05, 3.63) is 46.8 Å². The van der Waals surface area contributed by atoms with Gasteiger partial charge in [0.25, 0.3) is 0 Å². The van der Waals surface area contributed by atoms with Crippen LogP contribution in [0.2, 0.25) is 5.02 Å². The Balaban J connectivity index is 1.36. The highest BCUT2D eigenvalue weighted by atomic mass is 35.5. The molecule has 1 atom stereocenters. The third-order valence-electron chi connectivity index (χ3n) is 4.19. The zero-order valence-corrected chi connectivity index (χ0v) is 16.2. The van der Waals surface area contributed by atoms with Gasteiger partial charge in [0, 0.05) is 30.4 Å². The molecular formula is C18H16ClFN4O3S. The average molecular weight is 423 g/mol. The summed E-state index contributed by atoms with van der Waals surface area (Å²) in [5, 5.41) is 5.01. The Hall–Kier alpha value is -2.49. The van der Waals surface area contributed by atoms with Crippen LogP contribution in [0.15, 0.2) is 36.0 Å². The Kier molecular flexibility index (Phi) is 5.56. The van der Waals surface area contributed by atoms with E-state index in [0.29, 0.717) is 35.9 Å². The Morgan fingerprint density at radius 1 is 1.43 bits per heavy atom. The van der Waals surface area contributed by atoms with Gasteiger partial charge in [-0.15, -0.1) is 11.3 Å². The van der Waals surface area contributed by atoms with Crippen LogP contribution in [-0.4, -0.2) is 53.3 Å². The molecule has 2 amide bonds. The van der Waals surface area contributed by atoms with E-state index in [4.69, 9.17) is 21.1 Å². The van der Waals surface area contributed by atoms with Gasteiger partial charge in [-0.2, -0.15) is 0 Å². The SMILES string of the molecule is O=C(Nc1csc2nccnc12)N1CCOC(COc2cc(F)ccc2Cl)C1. The largest absolute Gasteiger partial charge is 0.489 e. The summed E-state index contributed by atoms with van der Waals surface area (Å²) in [7, 11) is 0. The van der Waals surface area contributed by atoms with Crippen LogP contribution in [0.3, 0.4) is 0 Å². The predicted octanol–water partition coefficient (Wildman–Crippen LogP) is 3.80. The van der Waals surface area contributed by atoms with E-state index >= 15 is 0 Å². The van der Waals surface area contributed by atoms with E-state index < -0.39 is 5.82 Å². The molecule has 1 saturated heterocycles. The molecule has 10 heteroatoms. The maximum atomic E-state index is 13.3. The van der Waals surface area contributed by atoms with Crippen molar-refractivity contribution < 1.29 is 18.7 Å². The first-order valence-corrected chi connectivity index (χ1v) is 9.79. The third kappa shape index (κ3) is 4.16. The van der Waals surface area contributed by atoms with Crippen molar-refractivity contribution in [2.45, 2.75) is 6.10 Å². The van der Waals surface area contributed by atoms with Crippen LogP contribution in [-0.2, 0) is 4.74 Å². The number of hydrogen-bond acceptors (Lipinski definition) is 6. The molecule has 3 aromatic rings. The molecule has 28 heavy (non-hydrogen) atoms. The van der Waals surface area contributed by atoms with Crippen LogP contribution in [0.1, 0.15) is 0 Å². The minimum Gasteiger partial charge on any atom is -0.489 e. The number of hydrogen-bond donors (Lipinski definition) is 1. The number of thiophene rings is 1. The Morgan fingerprint density at radius 2 is 2.29 bits per heavy atom. The molecule has 0 bridgehead atoms. The molecule has 4 rings (SSSR count). The number of nitrogens with zero attached hydrogens (tertiary/aromatic N) is 3. The van der Waals surface area contributed by atoms with E-state index in [-0.39, 0.29) is 24.5 Å². The maximum Gasteiger partial charge on any atom is 0.322 e. The van der Waals surface area contributed by atoms with Crippen molar-refractivity contribution in [3.63, 3.8) is 0 Å². The molecule has 7 nitrogen and oxygen atoms in total. The van der Waals surface area contributed by atoms with Gasteiger partial charge in [-0.1, -0.05) is 11.6 Å². The number of rotatable bonds is 4. The fraction of sp³-hybridized carbons (Fsp3) is 0.278. The lowest BCUT2D eigenvalue weighted by Gasteiger charge is -2.32. The van der Waals surface area contributed by atoms with Gasteiger partial charge in [-0.25, -0.2) is 19.2 Å². The van der Waals surface area contributed by atoms with Crippen LogP contribution < -0.4 is 10.1 Å². The van der Waals surface area contributed by atoms with Gasteiger partial charge in [0.15, 0.2) is 0 Å². The normalized spacial score (nSPS) is 16.9. The fourth-order valence-corrected chi connectivity index (χ4v) is 3.79. The molecule has 146 valence electrons. The third-order valence-corrected chi connectivity index (χ3v) is 5.38. The van der Waals surface area contributed by atoms with Gasteiger partial charge >= 0.3 is 6.03 Å². The molecule has 0 aliphatic carbocycles. The highest BCUT2D eigenvalue weighted by Crippen LogP contribution is 2.27. The first-order chi connectivity index (χ1) is 13.6. The molecule has 0 saturated carbocycles. The van der Waals surface area contributed by atoms with E-state index in [1.165, 1.54) is 29.5 Å². The molecule has 0 spiro atoms.